The van der Waals surface area contributed by atoms with Crippen LogP contribution in [-0.2, 0) is 11.8 Å². The minimum absolute atomic E-state index is 0.212. The highest BCUT2D eigenvalue weighted by Crippen LogP contribution is 2.39. The molecule has 0 spiro atoms. The van der Waals surface area contributed by atoms with Gasteiger partial charge in [0.25, 0.3) is 0 Å². The average Bonchev–Trinajstić information content (AvgIpc) is 2.99. The summed E-state index contributed by atoms with van der Waals surface area (Å²) in [5.41, 5.74) is 2.93. The maximum atomic E-state index is 9.86. The summed E-state index contributed by atoms with van der Waals surface area (Å²) in [5, 5.41) is 9.86. The van der Waals surface area contributed by atoms with Gasteiger partial charge in [-0.05, 0) is 49.1 Å². The standard InChI is InChI=1S/C21H27NO/c1-2-12-21(19-9-6-10-20(23)16-19)13-15-22(17-21)14-11-18-7-4-3-5-8-18/h3-10,16,23H,2,11-15,17H2,1H3. The van der Waals surface area contributed by atoms with Crippen LogP contribution in [-0.4, -0.2) is 29.6 Å². The molecule has 1 heterocycles. The van der Waals surface area contributed by atoms with E-state index < -0.39 is 0 Å². The van der Waals surface area contributed by atoms with Gasteiger partial charge in [-0.2, -0.15) is 0 Å². The fourth-order valence-corrected chi connectivity index (χ4v) is 3.98. The second-order valence-corrected chi connectivity index (χ2v) is 6.84. The Morgan fingerprint density at radius 3 is 2.65 bits per heavy atom. The molecule has 2 heteroatoms. The zero-order valence-electron chi connectivity index (χ0n) is 14.0. The zero-order valence-corrected chi connectivity index (χ0v) is 14.0. The van der Waals surface area contributed by atoms with E-state index in [0.29, 0.717) is 5.75 Å². The Balaban J connectivity index is 1.69. The van der Waals surface area contributed by atoms with Gasteiger partial charge in [-0.1, -0.05) is 55.8 Å². The van der Waals surface area contributed by atoms with E-state index in [2.05, 4.69) is 48.2 Å². The van der Waals surface area contributed by atoms with Crippen molar-refractivity contribution in [1.82, 2.24) is 4.90 Å². The van der Waals surface area contributed by atoms with Gasteiger partial charge in [-0.3, -0.25) is 0 Å². The topological polar surface area (TPSA) is 23.5 Å². The number of rotatable bonds is 6. The van der Waals surface area contributed by atoms with Crippen molar-refractivity contribution in [2.45, 2.75) is 38.0 Å². The van der Waals surface area contributed by atoms with Crippen molar-refractivity contribution in [3.05, 3.63) is 65.7 Å². The average molecular weight is 309 g/mol. The maximum Gasteiger partial charge on any atom is 0.115 e. The van der Waals surface area contributed by atoms with Crippen LogP contribution in [0.2, 0.25) is 0 Å². The molecule has 0 aromatic heterocycles. The lowest BCUT2D eigenvalue weighted by Crippen LogP contribution is -2.32. The summed E-state index contributed by atoms with van der Waals surface area (Å²) in [4.78, 5) is 2.59. The molecule has 0 bridgehead atoms. The number of nitrogens with zero attached hydrogens (tertiary/aromatic N) is 1. The fraction of sp³-hybridized carbons (Fsp3) is 0.429. The smallest absolute Gasteiger partial charge is 0.115 e. The summed E-state index contributed by atoms with van der Waals surface area (Å²) in [6, 6.07) is 18.6. The summed E-state index contributed by atoms with van der Waals surface area (Å²) >= 11 is 0. The maximum absolute atomic E-state index is 9.86. The molecule has 3 rings (SSSR count). The van der Waals surface area contributed by atoms with Crippen molar-refractivity contribution < 1.29 is 5.11 Å². The highest BCUT2D eigenvalue weighted by molar-refractivity contribution is 5.34. The molecular formula is C21H27NO. The number of hydrogen-bond donors (Lipinski definition) is 1. The van der Waals surface area contributed by atoms with Crippen LogP contribution in [0.4, 0.5) is 0 Å². The van der Waals surface area contributed by atoms with Crippen LogP contribution in [0.1, 0.15) is 37.3 Å². The molecule has 23 heavy (non-hydrogen) atoms. The normalized spacial score (nSPS) is 21.6. The molecule has 2 aromatic carbocycles. The summed E-state index contributed by atoms with van der Waals surface area (Å²) < 4.78 is 0. The summed E-state index contributed by atoms with van der Waals surface area (Å²) in [7, 11) is 0. The van der Waals surface area contributed by atoms with Gasteiger partial charge < -0.3 is 10.0 Å². The Morgan fingerprint density at radius 2 is 1.91 bits per heavy atom. The van der Waals surface area contributed by atoms with E-state index in [1.165, 1.54) is 30.4 Å². The lowest BCUT2D eigenvalue weighted by molar-refractivity contribution is 0.304. The van der Waals surface area contributed by atoms with Gasteiger partial charge in [-0.15, -0.1) is 0 Å². The molecule has 1 aliphatic heterocycles. The van der Waals surface area contributed by atoms with Crippen molar-refractivity contribution in [3.8, 4) is 5.75 Å². The van der Waals surface area contributed by atoms with Crippen LogP contribution in [0, 0.1) is 0 Å². The molecule has 0 saturated carbocycles. The fourth-order valence-electron chi connectivity index (χ4n) is 3.98. The molecule has 122 valence electrons. The van der Waals surface area contributed by atoms with Crippen LogP contribution in [0.15, 0.2) is 54.6 Å². The SMILES string of the molecule is CCCC1(c2cccc(O)c2)CCN(CCc2ccccc2)C1. The molecular weight excluding hydrogens is 282 g/mol. The molecule has 1 saturated heterocycles. The number of likely N-dealkylation sites (tertiary alicyclic amines) is 1. The van der Waals surface area contributed by atoms with Gasteiger partial charge in [0, 0.05) is 18.5 Å². The van der Waals surface area contributed by atoms with E-state index in [1.807, 2.05) is 12.1 Å². The Bertz CT molecular complexity index is 625. The molecule has 1 fully saturated rings. The zero-order chi connectivity index (χ0) is 16.1. The van der Waals surface area contributed by atoms with Gasteiger partial charge in [0.15, 0.2) is 0 Å². The van der Waals surface area contributed by atoms with Crippen molar-refractivity contribution >= 4 is 0 Å². The Hall–Kier alpha value is -1.80. The number of hydrogen-bond acceptors (Lipinski definition) is 2. The Kier molecular flexibility index (Phi) is 5.02. The van der Waals surface area contributed by atoms with Crippen molar-refractivity contribution in [1.29, 1.82) is 0 Å². The predicted molar refractivity (Wildman–Crippen MR) is 95.9 cm³/mol. The number of phenolic OH excluding ortho intramolecular Hbond substituents is 1. The van der Waals surface area contributed by atoms with Gasteiger partial charge in [0.1, 0.15) is 5.75 Å². The van der Waals surface area contributed by atoms with Crippen LogP contribution >= 0.6 is 0 Å². The number of benzene rings is 2. The Morgan fingerprint density at radius 1 is 1.09 bits per heavy atom. The molecule has 1 N–H and O–H groups in total. The third-order valence-electron chi connectivity index (χ3n) is 5.18. The minimum Gasteiger partial charge on any atom is -0.508 e. The van der Waals surface area contributed by atoms with E-state index >= 15 is 0 Å². The molecule has 0 aliphatic carbocycles. The molecule has 2 nitrogen and oxygen atoms in total. The largest absolute Gasteiger partial charge is 0.508 e. The summed E-state index contributed by atoms with van der Waals surface area (Å²) in [6.07, 6.45) is 4.68. The third kappa shape index (κ3) is 3.76. The van der Waals surface area contributed by atoms with E-state index in [1.54, 1.807) is 6.07 Å². The molecule has 0 radical (unpaired) electrons. The van der Waals surface area contributed by atoms with Crippen molar-refractivity contribution in [2.75, 3.05) is 19.6 Å². The number of aromatic hydroxyl groups is 1. The first-order valence-electron chi connectivity index (χ1n) is 8.78. The highest BCUT2D eigenvalue weighted by Gasteiger charge is 2.38. The first-order valence-corrected chi connectivity index (χ1v) is 8.78. The number of phenols is 1. The minimum atomic E-state index is 0.212. The van der Waals surface area contributed by atoms with Gasteiger partial charge >= 0.3 is 0 Å². The molecule has 1 aliphatic rings. The van der Waals surface area contributed by atoms with Gasteiger partial charge in [-0.25, -0.2) is 0 Å². The lowest BCUT2D eigenvalue weighted by atomic mass is 9.76. The summed E-state index contributed by atoms with van der Waals surface area (Å²) in [5.74, 6) is 0.390. The van der Waals surface area contributed by atoms with Crippen LogP contribution < -0.4 is 0 Å². The summed E-state index contributed by atoms with van der Waals surface area (Å²) in [6.45, 7) is 5.64. The molecule has 0 amide bonds. The highest BCUT2D eigenvalue weighted by atomic mass is 16.3. The van der Waals surface area contributed by atoms with Crippen LogP contribution in [0.5, 0.6) is 5.75 Å². The third-order valence-corrected chi connectivity index (χ3v) is 5.18. The van der Waals surface area contributed by atoms with E-state index in [4.69, 9.17) is 0 Å². The van der Waals surface area contributed by atoms with Crippen LogP contribution in [0.25, 0.3) is 0 Å². The van der Waals surface area contributed by atoms with E-state index in [0.717, 1.165) is 26.1 Å². The second-order valence-electron chi connectivity index (χ2n) is 6.84. The Labute approximate surface area is 139 Å². The quantitative estimate of drug-likeness (QED) is 0.856. The first-order chi connectivity index (χ1) is 11.2. The van der Waals surface area contributed by atoms with Crippen LogP contribution in [0.3, 0.4) is 0 Å². The van der Waals surface area contributed by atoms with Crippen molar-refractivity contribution in [3.63, 3.8) is 0 Å². The van der Waals surface area contributed by atoms with Gasteiger partial charge in [0.2, 0.25) is 0 Å². The van der Waals surface area contributed by atoms with Crippen molar-refractivity contribution in [2.24, 2.45) is 0 Å². The van der Waals surface area contributed by atoms with Gasteiger partial charge in [0.05, 0.1) is 0 Å². The predicted octanol–water partition coefficient (Wildman–Crippen LogP) is 4.38. The molecule has 1 unspecified atom stereocenters. The monoisotopic (exact) mass is 309 g/mol. The van der Waals surface area contributed by atoms with E-state index in [-0.39, 0.29) is 5.41 Å². The van der Waals surface area contributed by atoms with E-state index in [9.17, 15) is 5.11 Å². The molecule has 2 aromatic rings. The first kappa shape index (κ1) is 16.1. The second kappa shape index (κ2) is 7.18. The lowest BCUT2D eigenvalue weighted by Gasteiger charge is -2.30. The molecule has 1 atom stereocenters.